The lowest BCUT2D eigenvalue weighted by Gasteiger charge is -2.08. The van der Waals surface area contributed by atoms with Gasteiger partial charge in [-0.2, -0.15) is 0 Å². The first-order valence-electron chi connectivity index (χ1n) is 7.89. The van der Waals surface area contributed by atoms with Crippen LogP contribution in [0.3, 0.4) is 0 Å². The van der Waals surface area contributed by atoms with Crippen LogP contribution in [-0.2, 0) is 13.0 Å². The maximum atomic E-state index is 14.5. The second-order valence-corrected chi connectivity index (χ2v) is 5.65. The van der Waals surface area contributed by atoms with Crippen molar-refractivity contribution >= 4 is 0 Å². The van der Waals surface area contributed by atoms with Crippen molar-refractivity contribution in [2.45, 2.75) is 19.9 Å². The van der Waals surface area contributed by atoms with Gasteiger partial charge in [0.15, 0.2) is 0 Å². The molecular formula is C21H20FN. The third kappa shape index (κ3) is 3.33. The summed E-state index contributed by atoms with van der Waals surface area (Å²) < 4.78 is 14.5. The standard InChI is InChI=1S/C21H20FN/c1-2-15-3-9-18(10-4-15)20-12-11-19(13-21(20)22)17-7-5-16(14-23)6-8-17/h3-13H,2,14,23H2,1H3. The van der Waals surface area contributed by atoms with Gasteiger partial charge in [0.05, 0.1) is 0 Å². The number of aryl methyl sites for hydroxylation is 1. The van der Waals surface area contributed by atoms with Gasteiger partial charge in [-0.3, -0.25) is 0 Å². The highest BCUT2D eigenvalue weighted by molar-refractivity contribution is 5.71. The van der Waals surface area contributed by atoms with Gasteiger partial charge in [0.1, 0.15) is 5.82 Å². The van der Waals surface area contributed by atoms with Crippen LogP contribution in [0.15, 0.2) is 66.7 Å². The molecule has 0 amide bonds. The normalized spacial score (nSPS) is 10.7. The number of hydrogen-bond acceptors (Lipinski definition) is 1. The monoisotopic (exact) mass is 305 g/mol. The van der Waals surface area contributed by atoms with E-state index in [1.165, 1.54) is 5.56 Å². The lowest BCUT2D eigenvalue weighted by molar-refractivity contribution is 0.632. The lowest BCUT2D eigenvalue weighted by Crippen LogP contribution is -1.95. The second kappa shape index (κ2) is 6.76. The molecule has 3 rings (SSSR count). The van der Waals surface area contributed by atoms with Crippen LogP contribution < -0.4 is 5.73 Å². The highest BCUT2D eigenvalue weighted by atomic mass is 19.1. The molecule has 0 saturated heterocycles. The van der Waals surface area contributed by atoms with Crippen molar-refractivity contribution in [1.29, 1.82) is 0 Å². The number of nitrogens with two attached hydrogens (primary N) is 1. The van der Waals surface area contributed by atoms with Gasteiger partial charge in [-0.25, -0.2) is 4.39 Å². The molecule has 23 heavy (non-hydrogen) atoms. The summed E-state index contributed by atoms with van der Waals surface area (Å²) in [5.74, 6) is -0.199. The van der Waals surface area contributed by atoms with Crippen molar-refractivity contribution in [3.63, 3.8) is 0 Å². The minimum absolute atomic E-state index is 0.199. The first kappa shape index (κ1) is 15.4. The summed E-state index contributed by atoms with van der Waals surface area (Å²) in [6, 6.07) is 21.4. The Labute approximate surface area is 136 Å². The van der Waals surface area contributed by atoms with Gasteiger partial charge in [-0.15, -0.1) is 0 Å². The summed E-state index contributed by atoms with van der Waals surface area (Å²) in [4.78, 5) is 0. The van der Waals surface area contributed by atoms with E-state index >= 15 is 0 Å². The smallest absolute Gasteiger partial charge is 0.131 e. The summed E-state index contributed by atoms with van der Waals surface area (Å²) in [6.07, 6.45) is 0.987. The van der Waals surface area contributed by atoms with Crippen molar-refractivity contribution < 1.29 is 4.39 Å². The van der Waals surface area contributed by atoms with Crippen LogP contribution in [0.2, 0.25) is 0 Å². The predicted octanol–water partition coefficient (Wildman–Crippen LogP) is 5.18. The molecule has 116 valence electrons. The molecular weight excluding hydrogens is 285 g/mol. The van der Waals surface area contributed by atoms with Gasteiger partial charge in [0.2, 0.25) is 0 Å². The molecule has 3 aromatic rings. The summed E-state index contributed by atoms with van der Waals surface area (Å²) in [5.41, 5.74) is 11.3. The van der Waals surface area contributed by atoms with Gasteiger partial charge in [0.25, 0.3) is 0 Å². The Kier molecular flexibility index (Phi) is 4.54. The molecule has 0 bridgehead atoms. The van der Waals surface area contributed by atoms with Gasteiger partial charge >= 0.3 is 0 Å². The minimum atomic E-state index is -0.199. The fourth-order valence-corrected chi connectivity index (χ4v) is 2.68. The fourth-order valence-electron chi connectivity index (χ4n) is 2.68. The molecule has 0 aliphatic carbocycles. The van der Waals surface area contributed by atoms with Crippen molar-refractivity contribution in [2.75, 3.05) is 0 Å². The SMILES string of the molecule is CCc1ccc(-c2ccc(-c3ccc(CN)cc3)cc2F)cc1. The van der Waals surface area contributed by atoms with Gasteiger partial charge in [-0.05, 0) is 40.3 Å². The van der Waals surface area contributed by atoms with Crippen molar-refractivity contribution in [1.82, 2.24) is 0 Å². The zero-order valence-corrected chi connectivity index (χ0v) is 13.2. The van der Waals surface area contributed by atoms with Crippen LogP contribution in [0.5, 0.6) is 0 Å². The zero-order chi connectivity index (χ0) is 16.2. The Bertz CT molecular complexity index is 789. The number of hydrogen-bond donors (Lipinski definition) is 1. The van der Waals surface area contributed by atoms with Crippen LogP contribution >= 0.6 is 0 Å². The van der Waals surface area contributed by atoms with E-state index in [4.69, 9.17) is 5.73 Å². The summed E-state index contributed by atoms with van der Waals surface area (Å²) in [6.45, 7) is 2.63. The van der Waals surface area contributed by atoms with Crippen LogP contribution in [0.1, 0.15) is 18.1 Å². The van der Waals surface area contributed by atoms with E-state index in [1.807, 2.05) is 60.7 Å². The average Bonchev–Trinajstić information content (AvgIpc) is 2.62. The van der Waals surface area contributed by atoms with Crippen molar-refractivity contribution in [2.24, 2.45) is 5.73 Å². The molecule has 0 aliphatic heterocycles. The van der Waals surface area contributed by atoms with Crippen LogP contribution in [-0.4, -0.2) is 0 Å². The molecule has 0 aromatic heterocycles. The Hall–Kier alpha value is -2.45. The van der Waals surface area contributed by atoms with Crippen molar-refractivity contribution in [3.8, 4) is 22.3 Å². The lowest BCUT2D eigenvalue weighted by atomic mass is 9.98. The van der Waals surface area contributed by atoms with E-state index in [0.29, 0.717) is 12.1 Å². The number of benzene rings is 3. The van der Waals surface area contributed by atoms with Crippen molar-refractivity contribution in [3.05, 3.63) is 83.7 Å². The van der Waals surface area contributed by atoms with Gasteiger partial charge in [-0.1, -0.05) is 67.6 Å². The molecule has 3 aromatic carbocycles. The Balaban J connectivity index is 1.92. The zero-order valence-electron chi connectivity index (χ0n) is 13.2. The summed E-state index contributed by atoms with van der Waals surface area (Å²) in [7, 11) is 0. The molecule has 0 heterocycles. The van der Waals surface area contributed by atoms with E-state index < -0.39 is 0 Å². The molecule has 2 N–H and O–H groups in total. The van der Waals surface area contributed by atoms with E-state index in [2.05, 4.69) is 6.92 Å². The third-order valence-electron chi connectivity index (χ3n) is 4.17. The first-order chi connectivity index (χ1) is 11.2. The number of rotatable bonds is 4. The molecule has 2 heteroatoms. The third-order valence-corrected chi connectivity index (χ3v) is 4.17. The molecule has 0 atom stereocenters. The predicted molar refractivity (Wildman–Crippen MR) is 94.5 cm³/mol. The molecule has 0 spiro atoms. The van der Waals surface area contributed by atoms with E-state index in [9.17, 15) is 4.39 Å². The van der Waals surface area contributed by atoms with E-state index in [1.54, 1.807) is 6.07 Å². The molecule has 1 nitrogen and oxygen atoms in total. The summed E-state index contributed by atoms with van der Waals surface area (Å²) in [5, 5.41) is 0. The topological polar surface area (TPSA) is 26.0 Å². The Morgan fingerprint density at radius 2 is 1.30 bits per heavy atom. The molecule has 0 saturated carbocycles. The number of halogens is 1. The average molecular weight is 305 g/mol. The molecule has 0 aliphatic rings. The fraction of sp³-hybridized carbons (Fsp3) is 0.143. The van der Waals surface area contributed by atoms with E-state index in [0.717, 1.165) is 28.7 Å². The largest absolute Gasteiger partial charge is 0.326 e. The quantitative estimate of drug-likeness (QED) is 0.706. The van der Waals surface area contributed by atoms with Crippen LogP contribution in [0.25, 0.3) is 22.3 Å². The Morgan fingerprint density at radius 1 is 0.739 bits per heavy atom. The first-order valence-corrected chi connectivity index (χ1v) is 7.89. The van der Waals surface area contributed by atoms with Crippen LogP contribution in [0.4, 0.5) is 4.39 Å². The molecule has 0 radical (unpaired) electrons. The summed E-state index contributed by atoms with van der Waals surface area (Å²) >= 11 is 0. The van der Waals surface area contributed by atoms with Gasteiger partial charge in [0, 0.05) is 12.1 Å². The maximum Gasteiger partial charge on any atom is 0.131 e. The molecule has 0 fully saturated rings. The highest BCUT2D eigenvalue weighted by Gasteiger charge is 2.07. The second-order valence-electron chi connectivity index (χ2n) is 5.65. The highest BCUT2D eigenvalue weighted by Crippen LogP contribution is 2.28. The van der Waals surface area contributed by atoms with E-state index in [-0.39, 0.29) is 5.82 Å². The maximum absolute atomic E-state index is 14.5. The van der Waals surface area contributed by atoms with Crippen LogP contribution in [0, 0.1) is 5.82 Å². The molecule has 0 unspecified atom stereocenters. The Morgan fingerprint density at radius 3 is 1.87 bits per heavy atom. The minimum Gasteiger partial charge on any atom is -0.326 e. The van der Waals surface area contributed by atoms with Gasteiger partial charge < -0.3 is 5.73 Å².